The number of furan rings is 1. The van der Waals surface area contributed by atoms with E-state index >= 15 is 0 Å². The number of benzene rings is 12. The van der Waals surface area contributed by atoms with Crippen LogP contribution >= 0.6 is 0 Å². The molecule has 402 valence electrons. The van der Waals surface area contributed by atoms with E-state index < -0.39 is 0 Å². The lowest BCUT2D eigenvalue weighted by atomic mass is 9.33. The molecule has 1 aromatic heterocycles. The van der Waals surface area contributed by atoms with Crippen LogP contribution in [-0.2, 0) is 11.8 Å². The monoisotopic (exact) mass is 1080 g/mol. The quantitative estimate of drug-likeness (QED) is 0.120. The minimum Gasteiger partial charge on any atom is -0.456 e. The molecule has 0 unspecified atom stereocenters. The van der Waals surface area contributed by atoms with Crippen molar-refractivity contribution in [2.45, 2.75) is 52.4 Å². The van der Waals surface area contributed by atoms with Gasteiger partial charge in [0, 0.05) is 50.2 Å². The molecular formula is C80H63BN2O. The molecule has 4 heteroatoms. The molecule has 0 radical (unpaired) electrons. The Morgan fingerprint density at radius 1 is 0.381 bits per heavy atom. The molecule has 0 aliphatic carbocycles. The zero-order valence-electron chi connectivity index (χ0n) is 48.0. The Morgan fingerprint density at radius 2 is 0.821 bits per heavy atom. The van der Waals surface area contributed by atoms with E-state index in [0.29, 0.717) is 0 Å². The number of fused-ring (bicyclic) bond motifs is 7. The fourth-order valence-corrected chi connectivity index (χ4v) is 13.5. The highest BCUT2D eigenvalue weighted by atomic mass is 16.3. The third-order valence-corrected chi connectivity index (χ3v) is 17.6. The summed E-state index contributed by atoms with van der Waals surface area (Å²) in [4.78, 5) is 5.39. The van der Waals surface area contributed by atoms with Gasteiger partial charge in [-0.05, 0) is 144 Å². The lowest BCUT2D eigenvalue weighted by Gasteiger charge is -2.46. The van der Waals surface area contributed by atoms with E-state index in [1.807, 2.05) is 0 Å². The van der Waals surface area contributed by atoms with Crippen LogP contribution < -0.4 is 26.2 Å². The maximum absolute atomic E-state index is 6.96. The largest absolute Gasteiger partial charge is 0.456 e. The van der Waals surface area contributed by atoms with E-state index in [4.69, 9.17) is 4.42 Å². The Morgan fingerprint density at radius 3 is 1.31 bits per heavy atom. The van der Waals surface area contributed by atoms with E-state index in [9.17, 15) is 0 Å². The van der Waals surface area contributed by atoms with Crippen LogP contribution in [0.15, 0.2) is 277 Å². The fraction of sp³-hybridized carbons (Fsp3) is 0.100. The highest BCUT2D eigenvalue weighted by molar-refractivity contribution is 7.00. The van der Waals surface area contributed by atoms with Crippen molar-refractivity contribution in [3.05, 3.63) is 284 Å². The number of para-hydroxylation sites is 1. The standard InChI is InChI=1S/C80H63BN2O/c1-5-6-27-61-50-74-76(64-40-25-26-41-73(64)84-74)75(58-38-23-12-24-39-58)78(61)82-69-44-42-59(53-28-13-7-14-29-53)48-67(69)81-68-49-60(54-30-15-8-16-31-54)43-45-70(68)83(72-52-63(80(2,3)4)51-71(82)77(72)81)79-65(56-34-19-10-20-35-56)46-62(55-32-17-9-18-33-55)47-66(79)57-36-21-11-22-37-57/h7-26,28-52H,5-6,27H2,1-4H3. The van der Waals surface area contributed by atoms with Gasteiger partial charge in [-0.3, -0.25) is 0 Å². The predicted octanol–water partition coefficient (Wildman–Crippen LogP) is 20.3. The van der Waals surface area contributed by atoms with Gasteiger partial charge in [0.25, 0.3) is 6.71 Å². The number of anilines is 6. The van der Waals surface area contributed by atoms with Crippen LogP contribution in [0.3, 0.4) is 0 Å². The van der Waals surface area contributed by atoms with Gasteiger partial charge in [-0.1, -0.05) is 259 Å². The van der Waals surface area contributed by atoms with Crippen molar-refractivity contribution < 1.29 is 4.42 Å². The Labute approximate surface area is 493 Å². The first-order valence-electron chi connectivity index (χ1n) is 29.8. The SMILES string of the molecule is CCCCc1cc2oc3ccccc3c2c(-c2ccccc2)c1N1c2ccc(-c3ccccc3)cc2B2c3cc(-c4ccccc4)ccc3N(c3c(-c4ccccc4)cc(-c4ccccc4)cc3-c3ccccc3)c3cc(C(C)(C)C)cc1c32. The number of aryl methyl sites for hydroxylation is 1. The first-order chi connectivity index (χ1) is 41.3. The van der Waals surface area contributed by atoms with Gasteiger partial charge in [0.2, 0.25) is 0 Å². The van der Waals surface area contributed by atoms with Gasteiger partial charge in [-0.2, -0.15) is 0 Å². The Hall–Kier alpha value is -9.90. The second-order valence-corrected chi connectivity index (χ2v) is 23.8. The molecule has 12 aromatic carbocycles. The van der Waals surface area contributed by atoms with Crippen LogP contribution in [0.25, 0.3) is 88.7 Å². The Bertz CT molecular complexity index is 4550. The van der Waals surface area contributed by atoms with Gasteiger partial charge in [0.05, 0.1) is 11.4 Å². The van der Waals surface area contributed by atoms with Crippen molar-refractivity contribution >= 4 is 79.2 Å². The molecule has 0 fully saturated rings. The molecule has 15 rings (SSSR count). The van der Waals surface area contributed by atoms with Crippen LogP contribution in [0.1, 0.15) is 51.7 Å². The van der Waals surface area contributed by atoms with Crippen molar-refractivity contribution in [1.29, 1.82) is 0 Å². The van der Waals surface area contributed by atoms with Crippen LogP contribution in [0, 0.1) is 0 Å². The number of hydrogen-bond acceptors (Lipinski definition) is 3. The Balaban J connectivity index is 1.14. The molecule has 3 nitrogen and oxygen atoms in total. The van der Waals surface area contributed by atoms with Gasteiger partial charge in [0.15, 0.2) is 0 Å². The highest BCUT2D eigenvalue weighted by Gasteiger charge is 2.46. The van der Waals surface area contributed by atoms with E-state index in [2.05, 4.69) is 310 Å². The molecule has 2 aliphatic rings. The molecule has 0 saturated heterocycles. The summed E-state index contributed by atoms with van der Waals surface area (Å²) in [6, 6.07) is 102. The molecule has 0 saturated carbocycles. The summed E-state index contributed by atoms with van der Waals surface area (Å²) in [5.41, 5.74) is 29.0. The number of unbranched alkanes of at least 4 members (excludes halogenated alkanes) is 1. The average molecular weight is 1080 g/mol. The summed E-state index contributed by atoms with van der Waals surface area (Å²) in [6.07, 6.45) is 2.95. The maximum atomic E-state index is 6.96. The van der Waals surface area contributed by atoms with E-state index in [0.717, 1.165) is 80.4 Å². The molecule has 2 aliphatic heterocycles. The van der Waals surface area contributed by atoms with Gasteiger partial charge in [-0.25, -0.2) is 0 Å². The molecule has 0 atom stereocenters. The summed E-state index contributed by atoms with van der Waals surface area (Å²) in [5.74, 6) is 0. The van der Waals surface area contributed by atoms with Gasteiger partial charge in [0.1, 0.15) is 11.2 Å². The van der Waals surface area contributed by atoms with E-state index in [1.54, 1.807) is 0 Å². The lowest BCUT2D eigenvalue weighted by Crippen LogP contribution is -2.61. The summed E-state index contributed by atoms with van der Waals surface area (Å²) in [6.45, 7) is 9.28. The molecule has 84 heavy (non-hydrogen) atoms. The molecule has 13 aromatic rings. The molecule has 3 heterocycles. The van der Waals surface area contributed by atoms with Crippen molar-refractivity contribution in [3.8, 4) is 66.8 Å². The molecular weight excluding hydrogens is 1020 g/mol. The molecule has 0 bridgehead atoms. The van der Waals surface area contributed by atoms with Crippen molar-refractivity contribution in [2.75, 3.05) is 9.80 Å². The van der Waals surface area contributed by atoms with Crippen LogP contribution in [0.4, 0.5) is 34.1 Å². The number of rotatable bonds is 11. The van der Waals surface area contributed by atoms with E-state index in [1.165, 1.54) is 89.2 Å². The zero-order chi connectivity index (χ0) is 56.5. The van der Waals surface area contributed by atoms with Crippen molar-refractivity contribution in [3.63, 3.8) is 0 Å². The summed E-state index contributed by atoms with van der Waals surface area (Å²) >= 11 is 0. The topological polar surface area (TPSA) is 19.6 Å². The average Bonchev–Trinajstić information content (AvgIpc) is 0.835. The minimum atomic E-state index is -0.257. The van der Waals surface area contributed by atoms with Crippen LogP contribution in [0.2, 0.25) is 0 Å². The van der Waals surface area contributed by atoms with E-state index in [-0.39, 0.29) is 12.1 Å². The van der Waals surface area contributed by atoms with Gasteiger partial charge < -0.3 is 14.2 Å². The maximum Gasteiger partial charge on any atom is 0.252 e. The van der Waals surface area contributed by atoms with Crippen molar-refractivity contribution in [1.82, 2.24) is 0 Å². The van der Waals surface area contributed by atoms with Gasteiger partial charge in [-0.15, -0.1) is 0 Å². The number of nitrogens with zero attached hydrogens (tertiary/aromatic N) is 2. The highest BCUT2D eigenvalue weighted by Crippen LogP contribution is 2.55. The van der Waals surface area contributed by atoms with Gasteiger partial charge >= 0.3 is 0 Å². The predicted molar refractivity (Wildman–Crippen MR) is 358 cm³/mol. The second-order valence-electron chi connectivity index (χ2n) is 23.8. The second kappa shape index (κ2) is 20.8. The lowest BCUT2D eigenvalue weighted by molar-refractivity contribution is 0.590. The molecule has 0 N–H and O–H groups in total. The first kappa shape index (κ1) is 51.0. The molecule has 0 spiro atoms. The summed E-state index contributed by atoms with van der Waals surface area (Å²) in [7, 11) is 0. The van der Waals surface area contributed by atoms with Crippen molar-refractivity contribution in [2.24, 2.45) is 0 Å². The minimum absolute atomic E-state index is 0.171. The number of hydrogen-bond donors (Lipinski definition) is 0. The summed E-state index contributed by atoms with van der Waals surface area (Å²) in [5, 5.41) is 2.25. The Kier molecular flexibility index (Phi) is 12.6. The third-order valence-electron chi connectivity index (χ3n) is 17.6. The third kappa shape index (κ3) is 8.67. The smallest absolute Gasteiger partial charge is 0.252 e. The zero-order valence-corrected chi connectivity index (χ0v) is 48.0. The molecule has 0 amide bonds. The fourth-order valence-electron chi connectivity index (χ4n) is 13.5. The van der Waals surface area contributed by atoms with Crippen LogP contribution in [-0.4, -0.2) is 6.71 Å². The normalized spacial score (nSPS) is 12.6. The summed E-state index contributed by atoms with van der Waals surface area (Å²) < 4.78 is 6.96. The first-order valence-corrected chi connectivity index (χ1v) is 29.8. The van der Waals surface area contributed by atoms with Crippen LogP contribution in [0.5, 0.6) is 0 Å².